The molecule has 0 aromatic carbocycles. The molecule has 4 rings (SSSR count). The largest absolute Gasteiger partial charge is 0.354 e. The van der Waals surface area contributed by atoms with Crippen molar-refractivity contribution >= 4 is 17.4 Å². The summed E-state index contributed by atoms with van der Waals surface area (Å²) in [6.07, 6.45) is -1.75. The van der Waals surface area contributed by atoms with Crippen LogP contribution in [0.3, 0.4) is 0 Å². The molecule has 2 atom stereocenters. The normalized spacial score (nSPS) is 24.4. The lowest BCUT2D eigenvalue weighted by Crippen LogP contribution is -2.67. The molecule has 2 unspecified atom stereocenters. The zero-order valence-corrected chi connectivity index (χ0v) is 14.5. The average molecular weight is 378 g/mol. The molecule has 2 aromatic heterocycles. The number of aromatic nitrogens is 2. The Hall–Kier alpha value is -2.59. The molecule has 0 bridgehead atoms. The fourth-order valence-corrected chi connectivity index (χ4v) is 3.49. The van der Waals surface area contributed by atoms with Gasteiger partial charge in [-0.15, -0.1) is 0 Å². The number of halogens is 2. The van der Waals surface area contributed by atoms with Gasteiger partial charge in [0.05, 0.1) is 6.04 Å². The monoisotopic (exact) mass is 378 g/mol. The van der Waals surface area contributed by atoms with Crippen LogP contribution in [-0.4, -0.2) is 65.1 Å². The van der Waals surface area contributed by atoms with Crippen LogP contribution in [-0.2, 0) is 4.79 Å². The van der Waals surface area contributed by atoms with Crippen LogP contribution in [0.5, 0.6) is 0 Å². The SMILES string of the molecule is O=C1CC(C(F)F)NC(N2CCN(c3cc(=O)n4ccccc4n3)CC2)N1. The maximum atomic E-state index is 13.0. The Bertz CT molecular complexity index is 896. The summed E-state index contributed by atoms with van der Waals surface area (Å²) >= 11 is 0. The van der Waals surface area contributed by atoms with E-state index in [2.05, 4.69) is 15.6 Å². The number of piperazine rings is 1. The van der Waals surface area contributed by atoms with Crippen molar-refractivity contribution in [2.75, 3.05) is 31.1 Å². The second-order valence-electron chi connectivity index (χ2n) is 6.69. The van der Waals surface area contributed by atoms with Crippen molar-refractivity contribution < 1.29 is 13.6 Å². The number of nitrogens with zero attached hydrogens (tertiary/aromatic N) is 4. The fraction of sp³-hybridized carbons (Fsp3) is 0.471. The summed E-state index contributed by atoms with van der Waals surface area (Å²) in [4.78, 5) is 32.4. The maximum Gasteiger partial charge on any atom is 0.259 e. The Labute approximate surface area is 153 Å². The first kappa shape index (κ1) is 17.8. The van der Waals surface area contributed by atoms with E-state index in [4.69, 9.17) is 0 Å². The molecule has 1 amide bonds. The second kappa shape index (κ2) is 7.20. The number of hydrogen-bond donors (Lipinski definition) is 2. The summed E-state index contributed by atoms with van der Waals surface area (Å²) in [6, 6.07) is 5.72. The van der Waals surface area contributed by atoms with Crippen molar-refractivity contribution in [2.45, 2.75) is 25.2 Å². The van der Waals surface area contributed by atoms with Gasteiger partial charge in [0, 0.05) is 44.9 Å². The average Bonchev–Trinajstić information content (AvgIpc) is 2.67. The summed E-state index contributed by atoms with van der Waals surface area (Å²) in [5.74, 6) is 0.215. The van der Waals surface area contributed by atoms with E-state index in [1.165, 1.54) is 10.5 Å². The van der Waals surface area contributed by atoms with Gasteiger partial charge in [0.15, 0.2) is 0 Å². The molecule has 0 saturated carbocycles. The first-order valence-corrected chi connectivity index (χ1v) is 8.82. The summed E-state index contributed by atoms with van der Waals surface area (Å²) in [7, 11) is 0. The predicted octanol–water partition coefficient (Wildman–Crippen LogP) is -0.157. The highest BCUT2D eigenvalue weighted by Crippen LogP contribution is 2.16. The minimum absolute atomic E-state index is 0.154. The van der Waals surface area contributed by atoms with Crippen molar-refractivity contribution in [1.82, 2.24) is 24.9 Å². The molecule has 8 nitrogen and oxygen atoms in total. The van der Waals surface area contributed by atoms with Crippen LogP contribution in [0, 0.1) is 0 Å². The van der Waals surface area contributed by atoms with E-state index in [9.17, 15) is 18.4 Å². The van der Waals surface area contributed by atoms with Crippen LogP contribution in [0.2, 0.25) is 0 Å². The first-order valence-electron chi connectivity index (χ1n) is 8.82. The van der Waals surface area contributed by atoms with Gasteiger partial charge < -0.3 is 10.2 Å². The highest BCUT2D eigenvalue weighted by atomic mass is 19.3. The van der Waals surface area contributed by atoms with Gasteiger partial charge in [-0.05, 0) is 12.1 Å². The Kier molecular flexibility index (Phi) is 4.75. The summed E-state index contributed by atoms with van der Waals surface area (Å²) in [6.45, 7) is 2.24. The number of carbonyl (C=O) groups is 1. The summed E-state index contributed by atoms with van der Waals surface area (Å²) < 4.78 is 27.4. The molecule has 2 fully saturated rings. The van der Waals surface area contributed by atoms with Crippen LogP contribution in [0.1, 0.15) is 6.42 Å². The van der Waals surface area contributed by atoms with Crippen molar-refractivity contribution in [3.05, 3.63) is 40.8 Å². The Morgan fingerprint density at radius 3 is 2.67 bits per heavy atom. The minimum Gasteiger partial charge on any atom is -0.354 e. The van der Waals surface area contributed by atoms with Crippen LogP contribution >= 0.6 is 0 Å². The summed E-state index contributed by atoms with van der Waals surface area (Å²) in [5.41, 5.74) is 0.419. The number of hydrogen-bond acceptors (Lipinski definition) is 6. The van der Waals surface area contributed by atoms with Crippen LogP contribution in [0.15, 0.2) is 35.3 Å². The Balaban J connectivity index is 1.45. The quantitative estimate of drug-likeness (QED) is 0.773. The number of anilines is 1. The Morgan fingerprint density at radius 2 is 1.93 bits per heavy atom. The molecular weight excluding hydrogens is 358 g/mol. The van der Waals surface area contributed by atoms with E-state index in [-0.39, 0.29) is 17.9 Å². The van der Waals surface area contributed by atoms with Gasteiger partial charge in [-0.25, -0.2) is 13.8 Å². The third-order valence-electron chi connectivity index (χ3n) is 4.94. The smallest absolute Gasteiger partial charge is 0.259 e. The lowest BCUT2D eigenvalue weighted by atomic mass is 10.1. The minimum atomic E-state index is -2.59. The topological polar surface area (TPSA) is 82.0 Å². The van der Waals surface area contributed by atoms with E-state index >= 15 is 0 Å². The van der Waals surface area contributed by atoms with Gasteiger partial charge in [0.25, 0.3) is 12.0 Å². The Morgan fingerprint density at radius 1 is 1.15 bits per heavy atom. The van der Waals surface area contributed by atoms with Gasteiger partial charge >= 0.3 is 0 Å². The number of carbonyl (C=O) groups excluding carboxylic acids is 1. The molecule has 0 spiro atoms. The van der Waals surface area contributed by atoms with Gasteiger partial charge in [0.2, 0.25) is 5.91 Å². The van der Waals surface area contributed by atoms with Crippen molar-refractivity contribution in [3.8, 4) is 0 Å². The fourth-order valence-electron chi connectivity index (χ4n) is 3.49. The molecule has 4 heterocycles. The highest BCUT2D eigenvalue weighted by Gasteiger charge is 2.35. The van der Waals surface area contributed by atoms with Crippen molar-refractivity contribution in [1.29, 1.82) is 0 Å². The lowest BCUT2D eigenvalue weighted by Gasteiger charge is -2.43. The highest BCUT2D eigenvalue weighted by molar-refractivity contribution is 5.77. The van der Waals surface area contributed by atoms with Crippen LogP contribution in [0.25, 0.3) is 5.65 Å². The molecule has 2 aliphatic rings. The number of alkyl halides is 2. The molecule has 0 radical (unpaired) electrons. The van der Waals surface area contributed by atoms with E-state index in [0.29, 0.717) is 37.6 Å². The molecule has 0 aliphatic carbocycles. The van der Waals surface area contributed by atoms with Crippen molar-refractivity contribution in [3.63, 3.8) is 0 Å². The van der Waals surface area contributed by atoms with Crippen molar-refractivity contribution in [2.24, 2.45) is 0 Å². The zero-order chi connectivity index (χ0) is 19.0. The number of nitrogens with one attached hydrogen (secondary N) is 2. The van der Waals surface area contributed by atoms with Gasteiger partial charge in [0.1, 0.15) is 17.8 Å². The number of fused-ring (bicyclic) bond motifs is 1. The van der Waals surface area contributed by atoms with E-state index in [1.54, 1.807) is 18.3 Å². The number of pyridine rings is 1. The van der Waals surface area contributed by atoms with E-state index in [0.717, 1.165) is 0 Å². The van der Waals surface area contributed by atoms with Gasteiger partial charge in [-0.2, -0.15) is 0 Å². The van der Waals surface area contributed by atoms with Crippen LogP contribution < -0.4 is 21.1 Å². The summed E-state index contributed by atoms with van der Waals surface area (Å²) in [5, 5.41) is 5.51. The molecule has 2 aliphatic heterocycles. The molecule has 2 saturated heterocycles. The number of rotatable bonds is 3. The maximum absolute atomic E-state index is 13.0. The lowest BCUT2D eigenvalue weighted by molar-refractivity contribution is -0.129. The molecule has 2 aromatic rings. The third kappa shape index (κ3) is 3.62. The predicted molar refractivity (Wildman–Crippen MR) is 94.7 cm³/mol. The third-order valence-corrected chi connectivity index (χ3v) is 4.94. The van der Waals surface area contributed by atoms with Gasteiger partial charge in [-0.1, -0.05) is 6.07 Å². The molecule has 144 valence electrons. The second-order valence-corrected chi connectivity index (χ2v) is 6.69. The van der Waals surface area contributed by atoms with Crippen LogP contribution in [0.4, 0.5) is 14.6 Å². The standard InChI is InChI=1S/C17H20F2N6O2/c18-16(19)11-9-14(26)22-17(20-11)24-7-5-23(6-8-24)13-10-15(27)25-4-2-1-3-12(25)21-13/h1-4,10-11,16-17,20H,5-9H2,(H,22,26). The molecule has 2 N–H and O–H groups in total. The van der Waals surface area contributed by atoms with E-state index < -0.39 is 18.8 Å². The van der Waals surface area contributed by atoms with E-state index in [1.807, 2.05) is 15.9 Å². The molecular formula is C17H20F2N6O2. The zero-order valence-electron chi connectivity index (χ0n) is 14.5. The van der Waals surface area contributed by atoms with Gasteiger partial charge in [-0.3, -0.25) is 24.2 Å². The first-order chi connectivity index (χ1) is 13.0. The molecule has 27 heavy (non-hydrogen) atoms. The molecule has 10 heteroatoms. The number of amides is 1.